The topological polar surface area (TPSA) is 38.0 Å². The third kappa shape index (κ3) is 2.47. The number of hydrogen-bond donors (Lipinski definition) is 2. The first-order chi connectivity index (χ1) is 8.20. The summed E-state index contributed by atoms with van der Waals surface area (Å²) in [5, 5.41) is 3.71. The lowest BCUT2D eigenvalue weighted by Crippen LogP contribution is -2.48. The van der Waals surface area contributed by atoms with Crippen LogP contribution in [0.25, 0.3) is 0 Å². The van der Waals surface area contributed by atoms with E-state index < -0.39 is 0 Å². The Morgan fingerprint density at radius 1 is 1.35 bits per heavy atom. The van der Waals surface area contributed by atoms with E-state index in [1.807, 2.05) is 0 Å². The fourth-order valence-electron chi connectivity index (χ4n) is 3.15. The average Bonchev–Trinajstić information content (AvgIpc) is 2.75. The summed E-state index contributed by atoms with van der Waals surface area (Å²) in [6.45, 7) is 5.13. The van der Waals surface area contributed by atoms with E-state index in [-0.39, 0.29) is 5.54 Å². The maximum Gasteiger partial charge on any atom is 0.0523 e. The van der Waals surface area contributed by atoms with Crippen LogP contribution >= 0.6 is 0 Å². The van der Waals surface area contributed by atoms with Gasteiger partial charge in [0.1, 0.15) is 0 Å². The van der Waals surface area contributed by atoms with E-state index in [4.69, 9.17) is 5.73 Å². The Labute approximate surface area is 105 Å². The average molecular weight is 232 g/mol. The zero-order valence-electron chi connectivity index (χ0n) is 11.0. The van der Waals surface area contributed by atoms with Gasteiger partial charge in [0.2, 0.25) is 0 Å². The third-order valence-electron chi connectivity index (χ3n) is 4.26. The number of hydrogen-bond acceptors (Lipinski definition) is 2. The highest BCUT2D eigenvalue weighted by molar-refractivity contribution is 5.47. The van der Waals surface area contributed by atoms with Crippen molar-refractivity contribution in [2.24, 2.45) is 11.7 Å². The highest BCUT2D eigenvalue weighted by atomic mass is 15.0. The molecule has 2 rings (SSSR count). The summed E-state index contributed by atoms with van der Waals surface area (Å²) in [7, 11) is 0. The minimum absolute atomic E-state index is 0.129. The summed E-state index contributed by atoms with van der Waals surface area (Å²) in [6, 6.07) is 8.64. The lowest BCUT2D eigenvalue weighted by Gasteiger charge is -2.36. The van der Waals surface area contributed by atoms with Crippen LogP contribution < -0.4 is 11.1 Å². The lowest BCUT2D eigenvalue weighted by molar-refractivity contribution is 0.346. The molecule has 0 radical (unpaired) electrons. The molecule has 1 fully saturated rings. The van der Waals surface area contributed by atoms with Gasteiger partial charge in [-0.2, -0.15) is 0 Å². The molecule has 2 unspecified atom stereocenters. The molecule has 2 nitrogen and oxygen atoms in total. The zero-order chi connectivity index (χ0) is 12.3. The molecule has 1 saturated carbocycles. The van der Waals surface area contributed by atoms with E-state index in [2.05, 4.69) is 43.4 Å². The SMILES string of the molecule is CCC1CCCC1(CN)Nc1ccc(C)cc1. The van der Waals surface area contributed by atoms with Crippen molar-refractivity contribution in [3.8, 4) is 0 Å². The van der Waals surface area contributed by atoms with E-state index in [0.29, 0.717) is 5.92 Å². The molecule has 0 aliphatic heterocycles. The molecule has 0 saturated heterocycles. The molecule has 0 amide bonds. The second kappa shape index (κ2) is 5.09. The van der Waals surface area contributed by atoms with Crippen LogP contribution in [0.15, 0.2) is 24.3 Å². The molecular weight excluding hydrogens is 208 g/mol. The molecule has 94 valence electrons. The number of nitrogens with two attached hydrogens (primary N) is 1. The van der Waals surface area contributed by atoms with Gasteiger partial charge in [0, 0.05) is 12.2 Å². The normalized spacial score (nSPS) is 28.3. The van der Waals surface area contributed by atoms with Gasteiger partial charge in [0.05, 0.1) is 5.54 Å². The molecule has 1 aromatic rings. The van der Waals surface area contributed by atoms with Crippen molar-refractivity contribution in [1.29, 1.82) is 0 Å². The van der Waals surface area contributed by atoms with Crippen LogP contribution in [0.1, 0.15) is 38.2 Å². The smallest absolute Gasteiger partial charge is 0.0523 e. The predicted octanol–water partition coefficient (Wildman–Crippen LogP) is 3.31. The minimum Gasteiger partial charge on any atom is -0.378 e. The van der Waals surface area contributed by atoms with Gasteiger partial charge in [-0.15, -0.1) is 0 Å². The van der Waals surface area contributed by atoms with Gasteiger partial charge in [-0.05, 0) is 37.8 Å². The zero-order valence-corrected chi connectivity index (χ0v) is 11.0. The maximum atomic E-state index is 6.05. The second-order valence-corrected chi connectivity index (χ2v) is 5.35. The molecule has 1 aliphatic rings. The van der Waals surface area contributed by atoms with E-state index >= 15 is 0 Å². The molecule has 2 atom stereocenters. The lowest BCUT2D eigenvalue weighted by atomic mass is 9.85. The molecule has 3 N–H and O–H groups in total. The number of aryl methyl sites for hydroxylation is 1. The van der Waals surface area contributed by atoms with Gasteiger partial charge in [-0.25, -0.2) is 0 Å². The molecular formula is C15H24N2. The fraction of sp³-hybridized carbons (Fsp3) is 0.600. The van der Waals surface area contributed by atoms with Gasteiger partial charge >= 0.3 is 0 Å². The first kappa shape index (κ1) is 12.4. The Bertz CT molecular complexity index is 358. The van der Waals surface area contributed by atoms with Crippen molar-refractivity contribution < 1.29 is 0 Å². The highest BCUT2D eigenvalue weighted by Crippen LogP contribution is 2.39. The summed E-state index contributed by atoms with van der Waals surface area (Å²) in [4.78, 5) is 0. The van der Waals surface area contributed by atoms with Gasteiger partial charge in [-0.3, -0.25) is 0 Å². The molecule has 0 spiro atoms. The Hall–Kier alpha value is -1.02. The van der Waals surface area contributed by atoms with Crippen LogP contribution in [0.2, 0.25) is 0 Å². The van der Waals surface area contributed by atoms with Gasteiger partial charge in [0.25, 0.3) is 0 Å². The first-order valence-electron chi connectivity index (χ1n) is 6.75. The molecule has 0 aromatic heterocycles. The quantitative estimate of drug-likeness (QED) is 0.835. The van der Waals surface area contributed by atoms with E-state index in [9.17, 15) is 0 Å². The predicted molar refractivity (Wildman–Crippen MR) is 74.2 cm³/mol. The number of anilines is 1. The van der Waals surface area contributed by atoms with E-state index in [1.165, 1.54) is 36.9 Å². The molecule has 0 bridgehead atoms. The Morgan fingerprint density at radius 3 is 2.65 bits per heavy atom. The summed E-state index contributed by atoms with van der Waals surface area (Å²) >= 11 is 0. The summed E-state index contributed by atoms with van der Waals surface area (Å²) in [5.74, 6) is 0.716. The maximum absolute atomic E-state index is 6.05. The van der Waals surface area contributed by atoms with Crippen molar-refractivity contribution in [1.82, 2.24) is 0 Å². The van der Waals surface area contributed by atoms with Crippen molar-refractivity contribution in [2.45, 2.75) is 45.1 Å². The molecule has 1 aromatic carbocycles. The number of rotatable bonds is 4. The highest BCUT2D eigenvalue weighted by Gasteiger charge is 2.40. The summed E-state index contributed by atoms with van der Waals surface area (Å²) < 4.78 is 0. The monoisotopic (exact) mass is 232 g/mol. The van der Waals surface area contributed by atoms with Crippen molar-refractivity contribution in [2.75, 3.05) is 11.9 Å². The minimum atomic E-state index is 0.129. The number of benzene rings is 1. The Kier molecular flexibility index (Phi) is 3.72. The van der Waals surface area contributed by atoms with Crippen molar-refractivity contribution in [3.05, 3.63) is 29.8 Å². The largest absolute Gasteiger partial charge is 0.378 e. The molecule has 2 heteroatoms. The van der Waals surface area contributed by atoms with Crippen LogP contribution in [-0.4, -0.2) is 12.1 Å². The van der Waals surface area contributed by atoms with Crippen molar-refractivity contribution >= 4 is 5.69 Å². The molecule has 0 heterocycles. The summed E-state index contributed by atoms with van der Waals surface area (Å²) in [6.07, 6.45) is 5.03. The van der Waals surface area contributed by atoms with Gasteiger partial charge in [-0.1, -0.05) is 37.5 Å². The van der Waals surface area contributed by atoms with Gasteiger partial charge < -0.3 is 11.1 Å². The number of nitrogens with one attached hydrogen (secondary N) is 1. The molecule has 1 aliphatic carbocycles. The fourth-order valence-corrected chi connectivity index (χ4v) is 3.15. The first-order valence-corrected chi connectivity index (χ1v) is 6.75. The van der Waals surface area contributed by atoms with Crippen LogP contribution in [0.3, 0.4) is 0 Å². The van der Waals surface area contributed by atoms with Crippen molar-refractivity contribution in [3.63, 3.8) is 0 Å². The van der Waals surface area contributed by atoms with E-state index in [0.717, 1.165) is 6.54 Å². The van der Waals surface area contributed by atoms with Crippen LogP contribution in [0, 0.1) is 12.8 Å². The van der Waals surface area contributed by atoms with E-state index in [1.54, 1.807) is 0 Å². The van der Waals surface area contributed by atoms with Crippen LogP contribution in [0.4, 0.5) is 5.69 Å². The van der Waals surface area contributed by atoms with Crippen LogP contribution in [-0.2, 0) is 0 Å². The molecule has 17 heavy (non-hydrogen) atoms. The Morgan fingerprint density at radius 2 is 2.06 bits per heavy atom. The van der Waals surface area contributed by atoms with Gasteiger partial charge in [0.15, 0.2) is 0 Å². The summed E-state index contributed by atoms with van der Waals surface area (Å²) in [5.41, 5.74) is 8.69. The third-order valence-corrected chi connectivity index (χ3v) is 4.26. The standard InChI is InChI=1S/C15H24N2/c1-3-13-5-4-10-15(13,11-16)17-14-8-6-12(2)7-9-14/h6-9,13,17H,3-5,10-11,16H2,1-2H3. The Balaban J connectivity index is 2.16. The van der Waals surface area contributed by atoms with Crippen LogP contribution in [0.5, 0.6) is 0 Å². The second-order valence-electron chi connectivity index (χ2n) is 5.35.